The van der Waals surface area contributed by atoms with E-state index in [2.05, 4.69) is 22.1 Å². The van der Waals surface area contributed by atoms with Crippen LogP contribution in [0.1, 0.15) is 23.2 Å². The summed E-state index contributed by atoms with van der Waals surface area (Å²) in [6.07, 6.45) is 0. The van der Waals surface area contributed by atoms with Crippen molar-refractivity contribution in [3.63, 3.8) is 0 Å². The van der Waals surface area contributed by atoms with Gasteiger partial charge in [0.1, 0.15) is 5.76 Å². The van der Waals surface area contributed by atoms with Crippen LogP contribution in [-0.2, 0) is 4.74 Å². The minimum atomic E-state index is -0.186. The smallest absolute Gasteiger partial charge is 0.273 e. The summed E-state index contributed by atoms with van der Waals surface area (Å²) >= 11 is 1.54. The molecule has 7 heteroatoms. The summed E-state index contributed by atoms with van der Waals surface area (Å²) in [5.74, 6) is 0.864. The number of morpholine rings is 1. The number of nitrogens with one attached hydrogen (secondary N) is 1. The lowest BCUT2D eigenvalue weighted by Gasteiger charge is -2.32. The van der Waals surface area contributed by atoms with Crippen molar-refractivity contribution < 1.29 is 13.9 Å². The molecule has 1 amide bonds. The van der Waals surface area contributed by atoms with Crippen LogP contribution in [0.5, 0.6) is 0 Å². The fourth-order valence-corrected chi connectivity index (χ4v) is 3.23. The highest BCUT2D eigenvalue weighted by Gasteiger charge is 2.21. The lowest BCUT2D eigenvalue weighted by atomic mass is 10.2. The highest BCUT2D eigenvalue weighted by Crippen LogP contribution is 2.25. The molecule has 1 N–H and O–H groups in total. The third kappa shape index (κ3) is 3.80. The Hall–Kier alpha value is -1.70. The number of aryl methyl sites for hydroxylation is 1. The monoisotopic (exact) mass is 335 g/mol. The van der Waals surface area contributed by atoms with Gasteiger partial charge in [0.05, 0.1) is 18.1 Å². The fourth-order valence-electron chi connectivity index (χ4n) is 2.58. The topological polar surface area (TPSA) is 67.6 Å². The molecule has 1 aliphatic rings. The highest BCUT2D eigenvalue weighted by atomic mass is 32.1. The van der Waals surface area contributed by atoms with Crippen LogP contribution < -0.4 is 5.32 Å². The molecule has 3 heterocycles. The quantitative estimate of drug-likeness (QED) is 0.907. The van der Waals surface area contributed by atoms with Gasteiger partial charge in [-0.15, -0.1) is 11.3 Å². The molecule has 124 valence electrons. The van der Waals surface area contributed by atoms with Crippen molar-refractivity contribution in [2.24, 2.45) is 0 Å². The van der Waals surface area contributed by atoms with Crippen molar-refractivity contribution in [3.05, 3.63) is 29.0 Å². The van der Waals surface area contributed by atoms with E-state index in [1.807, 2.05) is 17.5 Å². The maximum atomic E-state index is 12.4. The van der Waals surface area contributed by atoms with Crippen molar-refractivity contribution in [1.29, 1.82) is 0 Å². The molecule has 1 aliphatic heterocycles. The van der Waals surface area contributed by atoms with E-state index in [1.165, 1.54) is 0 Å². The number of hydrogen-bond acceptors (Lipinski definition) is 6. The summed E-state index contributed by atoms with van der Waals surface area (Å²) in [4.78, 5) is 19.9. The van der Waals surface area contributed by atoms with Gasteiger partial charge >= 0.3 is 0 Å². The molecule has 1 atom stereocenters. The number of oxazole rings is 1. The molecule has 0 bridgehead atoms. The highest BCUT2D eigenvalue weighted by molar-refractivity contribution is 7.13. The largest absolute Gasteiger partial charge is 0.440 e. The molecule has 2 aromatic heterocycles. The summed E-state index contributed by atoms with van der Waals surface area (Å²) in [7, 11) is 0. The second kappa shape index (κ2) is 7.25. The minimum Gasteiger partial charge on any atom is -0.440 e. The molecule has 6 nitrogen and oxygen atoms in total. The van der Waals surface area contributed by atoms with Gasteiger partial charge in [-0.05, 0) is 25.3 Å². The van der Waals surface area contributed by atoms with E-state index in [0.29, 0.717) is 23.9 Å². The van der Waals surface area contributed by atoms with E-state index in [4.69, 9.17) is 9.15 Å². The van der Waals surface area contributed by atoms with Crippen LogP contribution in [0.4, 0.5) is 0 Å². The molecule has 0 saturated carbocycles. The molecular weight excluding hydrogens is 314 g/mol. The SMILES string of the molecule is Cc1oc(-c2cccs2)nc1C(=O)NC[C@H](C)N1CCOCC1. The Balaban J connectivity index is 1.60. The zero-order valence-corrected chi connectivity index (χ0v) is 14.2. The summed E-state index contributed by atoms with van der Waals surface area (Å²) in [6, 6.07) is 4.13. The molecule has 2 aromatic rings. The van der Waals surface area contributed by atoms with Crippen LogP contribution in [-0.4, -0.2) is 54.7 Å². The van der Waals surface area contributed by atoms with Crippen LogP contribution in [0.15, 0.2) is 21.9 Å². The molecule has 1 saturated heterocycles. The molecule has 0 radical (unpaired) electrons. The first-order valence-corrected chi connectivity index (χ1v) is 8.64. The third-order valence-corrected chi connectivity index (χ3v) is 4.83. The number of hydrogen-bond donors (Lipinski definition) is 1. The first-order chi connectivity index (χ1) is 11.1. The van der Waals surface area contributed by atoms with Crippen molar-refractivity contribution in [2.75, 3.05) is 32.8 Å². The van der Waals surface area contributed by atoms with Gasteiger partial charge in [-0.25, -0.2) is 4.98 Å². The Labute approximate surface area is 139 Å². The third-order valence-electron chi connectivity index (χ3n) is 3.97. The first-order valence-electron chi connectivity index (χ1n) is 7.76. The molecule has 0 spiro atoms. The second-order valence-electron chi connectivity index (χ2n) is 5.61. The van der Waals surface area contributed by atoms with Crippen molar-refractivity contribution in [2.45, 2.75) is 19.9 Å². The van der Waals surface area contributed by atoms with E-state index in [0.717, 1.165) is 31.2 Å². The maximum absolute atomic E-state index is 12.4. The van der Waals surface area contributed by atoms with E-state index in [-0.39, 0.29) is 11.9 Å². The Morgan fingerprint density at radius 1 is 1.48 bits per heavy atom. The molecule has 3 rings (SSSR count). The zero-order valence-electron chi connectivity index (χ0n) is 13.4. The lowest BCUT2D eigenvalue weighted by Crippen LogP contribution is -2.47. The number of rotatable bonds is 5. The minimum absolute atomic E-state index is 0.186. The Bertz CT molecular complexity index is 648. The summed E-state index contributed by atoms with van der Waals surface area (Å²) < 4.78 is 11.0. The Kier molecular flexibility index (Phi) is 5.09. The van der Waals surface area contributed by atoms with Crippen molar-refractivity contribution in [1.82, 2.24) is 15.2 Å². The van der Waals surface area contributed by atoms with Gasteiger partial charge in [0.25, 0.3) is 5.91 Å². The van der Waals surface area contributed by atoms with E-state index in [1.54, 1.807) is 18.3 Å². The second-order valence-corrected chi connectivity index (χ2v) is 6.56. The van der Waals surface area contributed by atoms with Gasteiger partial charge in [0.2, 0.25) is 5.89 Å². The van der Waals surface area contributed by atoms with Gasteiger partial charge in [-0.1, -0.05) is 6.07 Å². The lowest BCUT2D eigenvalue weighted by molar-refractivity contribution is 0.0204. The standard InChI is InChI=1S/C16H21N3O3S/c1-11(19-5-7-21-8-6-19)10-17-15(20)14-12(2)22-16(18-14)13-4-3-9-23-13/h3-4,9,11H,5-8,10H2,1-2H3,(H,17,20)/t11-/m0/s1. The van der Waals surface area contributed by atoms with Crippen LogP contribution in [0.25, 0.3) is 10.8 Å². The van der Waals surface area contributed by atoms with Gasteiger partial charge in [0, 0.05) is 25.7 Å². The zero-order chi connectivity index (χ0) is 16.2. The Morgan fingerprint density at radius 2 is 2.26 bits per heavy atom. The predicted octanol–water partition coefficient (Wildman–Crippen LogP) is 2.16. The number of nitrogens with zero attached hydrogens (tertiary/aromatic N) is 2. The number of thiophene rings is 1. The molecular formula is C16H21N3O3S. The predicted molar refractivity (Wildman–Crippen MR) is 88.7 cm³/mol. The normalized spacial score (nSPS) is 17.1. The summed E-state index contributed by atoms with van der Waals surface area (Å²) in [5, 5.41) is 4.91. The number of carbonyl (C=O) groups is 1. The van der Waals surface area contributed by atoms with Crippen molar-refractivity contribution in [3.8, 4) is 10.8 Å². The number of amides is 1. The van der Waals surface area contributed by atoms with Gasteiger partial charge in [-0.2, -0.15) is 0 Å². The average Bonchev–Trinajstić information content (AvgIpc) is 3.22. The summed E-state index contributed by atoms with van der Waals surface area (Å²) in [6.45, 7) is 7.78. The van der Waals surface area contributed by atoms with E-state index >= 15 is 0 Å². The molecule has 1 fully saturated rings. The van der Waals surface area contributed by atoms with Crippen LogP contribution in [0, 0.1) is 6.92 Å². The van der Waals surface area contributed by atoms with Gasteiger partial charge < -0.3 is 14.5 Å². The molecule has 0 unspecified atom stereocenters. The van der Waals surface area contributed by atoms with Gasteiger partial charge in [0.15, 0.2) is 5.69 Å². The average molecular weight is 335 g/mol. The van der Waals surface area contributed by atoms with Crippen LogP contribution >= 0.6 is 11.3 Å². The Morgan fingerprint density at radius 3 is 2.96 bits per heavy atom. The van der Waals surface area contributed by atoms with Crippen LogP contribution in [0.2, 0.25) is 0 Å². The molecule has 0 aliphatic carbocycles. The molecule has 23 heavy (non-hydrogen) atoms. The van der Waals surface area contributed by atoms with Crippen LogP contribution in [0.3, 0.4) is 0 Å². The van der Waals surface area contributed by atoms with Crippen molar-refractivity contribution >= 4 is 17.2 Å². The number of aromatic nitrogens is 1. The maximum Gasteiger partial charge on any atom is 0.273 e. The first kappa shape index (κ1) is 16.2. The number of carbonyl (C=O) groups excluding carboxylic acids is 1. The fraction of sp³-hybridized carbons (Fsp3) is 0.500. The summed E-state index contributed by atoms with van der Waals surface area (Å²) in [5.41, 5.74) is 0.363. The number of ether oxygens (including phenoxy) is 1. The molecule has 0 aromatic carbocycles. The van der Waals surface area contributed by atoms with Gasteiger partial charge in [-0.3, -0.25) is 9.69 Å². The van der Waals surface area contributed by atoms with E-state index < -0.39 is 0 Å². The van der Waals surface area contributed by atoms with E-state index in [9.17, 15) is 4.79 Å².